The molecule has 4 rings (SSSR count). The molecule has 1 saturated carbocycles. The quantitative estimate of drug-likeness (QED) is 0.126. The van der Waals surface area contributed by atoms with Gasteiger partial charge in [0.25, 0.3) is 0 Å². The molecule has 1 aliphatic heterocycles. The molecule has 2 aliphatic rings. The van der Waals surface area contributed by atoms with Crippen molar-refractivity contribution in [1.29, 1.82) is 5.41 Å². The third-order valence-corrected chi connectivity index (χ3v) is 7.77. The number of unbranched alkanes of at least 4 members (excludes halogenated alkanes) is 1. The lowest BCUT2D eigenvalue weighted by Crippen LogP contribution is -2.50. The fourth-order valence-corrected chi connectivity index (χ4v) is 5.87. The maximum absolute atomic E-state index is 13.8. The Balaban J connectivity index is 1.53. The largest absolute Gasteiger partial charge is 0.370 e. The van der Waals surface area contributed by atoms with Crippen LogP contribution in [0.4, 0.5) is 5.69 Å². The second-order valence-electron chi connectivity index (χ2n) is 9.04. The molecule has 1 heterocycles. The monoisotopic (exact) mass is 493 g/mol. The number of hydrogen-bond donors (Lipinski definition) is 5. The zero-order valence-electron chi connectivity index (χ0n) is 20.0. The summed E-state index contributed by atoms with van der Waals surface area (Å²) in [5.41, 5.74) is 7.29. The maximum atomic E-state index is 13.8. The van der Waals surface area contributed by atoms with Crippen LogP contribution in [-0.2, 0) is 9.59 Å². The first-order valence-corrected chi connectivity index (χ1v) is 12.8. The fraction of sp³-hybridized carbons (Fsp3) is 0.385. The Kier molecular flexibility index (Phi) is 7.85. The maximum Gasteiger partial charge on any atom is 0.236 e. The number of rotatable bonds is 8. The van der Waals surface area contributed by atoms with Crippen LogP contribution in [0.3, 0.4) is 0 Å². The number of carbonyl (C=O) groups excluding carboxylic acids is 2. The van der Waals surface area contributed by atoms with Crippen LogP contribution in [-0.4, -0.2) is 31.4 Å². The van der Waals surface area contributed by atoms with Gasteiger partial charge in [0.15, 0.2) is 5.96 Å². The zero-order chi connectivity index (χ0) is 24.8. The number of para-hydroxylation sites is 1. The summed E-state index contributed by atoms with van der Waals surface area (Å²) in [7, 11) is 2.03. The Morgan fingerprint density at radius 2 is 1.80 bits per heavy atom. The number of nitrogens with two attached hydrogens (primary N) is 1. The molecule has 0 aromatic heterocycles. The van der Waals surface area contributed by atoms with Crippen LogP contribution in [0.15, 0.2) is 53.4 Å². The van der Waals surface area contributed by atoms with Crippen molar-refractivity contribution in [3.05, 3.63) is 66.2 Å². The van der Waals surface area contributed by atoms with Crippen LogP contribution < -0.4 is 26.0 Å². The second kappa shape index (κ2) is 11.0. The van der Waals surface area contributed by atoms with Crippen molar-refractivity contribution in [2.75, 3.05) is 17.9 Å². The third-order valence-electron chi connectivity index (χ3n) is 6.73. The number of amides is 2. The highest BCUT2D eigenvalue weighted by Crippen LogP contribution is 2.44. The number of fused-ring (bicyclic) bond motifs is 2. The van der Waals surface area contributed by atoms with Gasteiger partial charge in [-0.1, -0.05) is 49.2 Å². The first kappa shape index (κ1) is 24.9. The number of nitrogens with one attached hydrogen (secondary N) is 4. The van der Waals surface area contributed by atoms with Gasteiger partial charge in [-0.05, 0) is 55.3 Å². The molecule has 8 nitrogen and oxygen atoms in total. The molecule has 35 heavy (non-hydrogen) atoms. The van der Waals surface area contributed by atoms with Gasteiger partial charge < -0.3 is 26.0 Å². The predicted octanol–water partition coefficient (Wildman–Crippen LogP) is 3.45. The molecule has 185 valence electrons. The highest BCUT2D eigenvalue weighted by molar-refractivity contribution is 8.00. The molecule has 1 unspecified atom stereocenters. The SMILES string of the molecule is CN1Sc2ccccc2C(NC(=O)C2(C(=O)N[CH]CCCNC(=N)N)CCCC2)c2ccccc21. The van der Waals surface area contributed by atoms with E-state index < -0.39 is 5.41 Å². The lowest BCUT2D eigenvalue weighted by molar-refractivity contribution is -0.143. The lowest BCUT2D eigenvalue weighted by atomic mass is 9.83. The molecule has 0 saturated heterocycles. The van der Waals surface area contributed by atoms with E-state index in [1.165, 1.54) is 0 Å². The topological polar surface area (TPSA) is 123 Å². The van der Waals surface area contributed by atoms with Crippen LogP contribution in [0.2, 0.25) is 0 Å². The molecule has 9 heteroatoms. The van der Waals surface area contributed by atoms with Crippen LogP contribution in [0, 0.1) is 17.4 Å². The van der Waals surface area contributed by atoms with E-state index in [0.29, 0.717) is 25.8 Å². The predicted molar refractivity (Wildman–Crippen MR) is 140 cm³/mol. The average Bonchev–Trinajstić information content (AvgIpc) is 3.32. The summed E-state index contributed by atoms with van der Waals surface area (Å²) in [4.78, 5) is 28.2. The molecular formula is C26H33N6O2S. The molecule has 6 N–H and O–H groups in total. The van der Waals surface area contributed by atoms with Crippen LogP contribution in [0.1, 0.15) is 55.7 Å². The third kappa shape index (κ3) is 5.40. The number of nitrogens with zero attached hydrogens (tertiary/aromatic N) is 1. The van der Waals surface area contributed by atoms with Crippen molar-refractivity contribution >= 4 is 35.4 Å². The Bertz CT molecular complexity index is 1090. The minimum atomic E-state index is -1.08. The molecule has 2 amide bonds. The number of benzene rings is 2. The Morgan fingerprint density at radius 1 is 1.11 bits per heavy atom. The van der Waals surface area contributed by atoms with E-state index in [-0.39, 0.29) is 23.8 Å². The van der Waals surface area contributed by atoms with E-state index >= 15 is 0 Å². The van der Waals surface area contributed by atoms with Crippen LogP contribution in [0.25, 0.3) is 0 Å². The Labute approximate surface area is 211 Å². The number of anilines is 1. The zero-order valence-corrected chi connectivity index (χ0v) is 20.8. The van der Waals surface area contributed by atoms with Gasteiger partial charge in [-0.15, -0.1) is 0 Å². The molecule has 1 aliphatic carbocycles. The first-order valence-electron chi connectivity index (χ1n) is 12.0. The summed E-state index contributed by atoms with van der Waals surface area (Å²) in [5.74, 6) is -0.529. The molecule has 0 bridgehead atoms. The molecule has 1 atom stereocenters. The number of carbonyl (C=O) groups is 2. The first-order chi connectivity index (χ1) is 16.9. The van der Waals surface area contributed by atoms with E-state index in [0.717, 1.165) is 41.0 Å². The summed E-state index contributed by atoms with van der Waals surface area (Å²) in [6, 6.07) is 15.8. The van der Waals surface area contributed by atoms with E-state index in [2.05, 4.69) is 32.4 Å². The summed E-state index contributed by atoms with van der Waals surface area (Å²) in [6.07, 6.45) is 4.11. The lowest BCUT2D eigenvalue weighted by Gasteiger charge is -2.30. The standard InChI is InChI=1S/C26H33N6O2S/c1-32-20-12-4-2-10-18(20)22(19-11-3-5-13-21(19)35-32)31-24(34)26(14-6-7-15-26)23(33)29-16-8-9-17-30-25(27)28/h2-5,10-13,16,22H,6-9,14-15,17H2,1H3,(H,29,33)(H,31,34)(H4,27,28,30). The van der Waals surface area contributed by atoms with Gasteiger partial charge in [0, 0.05) is 30.6 Å². The molecule has 2 aromatic rings. The molecule has 1 fully saturated rings. The Morgan fingerprint density at radius 3 is 2.54 bits per heavy atom. The molecule has 1 radical (unpaired) electrons. The summed E-state index contributed by atoms with van der Waals surface area (Å²) in [5, 5.41) is 16.1. The van der Waals surface area contributed by atoms with Crippen molar-refractivity contribution in [2.24, 2.45) is 11.1 Å². The van der Waals surface area contributed by atoms with Crippen molar-refractivity contribution in [3.63, 3.8) is 0 Å². The number of guanidine groups is 1. The van der Waals surface area contributed by atoms with E-state index in [1.807, 2.05) is 43.4 Å². The van der Waals surface area contributed by atoms with E-state index in [9.17, 15) is 9.59 Å². The molecule has 2 aromatic carbocycles. The van der Waals surface area contributed by atoms with Crippen molar-refractivity contribution in [2.45, 2.75) is 49.5 Å². The van der Waals surface area contributed by atoms with E-state index in [1.54, 1.807) is 18.5 Å². The van der Waals surface area contributed by atoms with E-state index in [4.69, 9.17) is 11.1 Å². The fourth-order valence-electron chi connectivity index (χ4n) is 4.88. The van der Waals surface area contributed by atoms with Crippen LogP contribution >= 0.6 is 11.9 Å². The normalized spacial score (nSPS) is 18.1. The summed E-state index contributed by atoms with van der Waals surface area (Å²) >= 11 is 1.63. The molecule has 0 spiro atoms. The number of hydrogen-bond acceptors (Lipinski definition) is 5. The second-order valence-corrected chi connectivity index (χ2v) is 10.2. The van der Waals surface area contributed by atoms with Gasteiger partial charge >= 0.3 is 0 Å². The molecular weight excluding hydrogens is 460 g/mol. The summed E-state index contributed by atoms with van der Waals surface area (Å²) < 4.78 is 2.12. The van der Waals surface area contributed by atoms with Crippen molar-refractivity contribution in [1.82, 2.24) is 16.0 Å². The van der Waals surface area contributed by atoms with Crippen molar-refractivity contribution in [3.8, 4) is 0 Å². The Hall–Kier alpha value is -3.20. The van der Waals surface area contributed by atoms with Crippen LogP contribution in [0.5, 0.6) is 0 Å². The highest BCUT2D eigenvalue weighted by Gasteiger charge is 2.48. The highest BCUT2D eigenvalue weighted by atomic mass is 32.2. The minimum Gasteiger partial charge on any atom is -0.370 e. The summed E-state index contributed by atoms with van der Waals surface area (Å²) in [6.45, 7) is 2.26. The minimum absolute atomic E-state index is 0.0677. The van der Waals surface area contributed by atoms with Gasteiger partial charge in [-0.3, -0.25) is 15.0 Å². The van der Waals surface area contributed by atoms with Gasteiger partial charge in [0.2, 0.25) is 11.8 Å². The van der Waals surface area contributed by atoms with Gasteiger partial charge in [-0.2, -0.15) is 0 Å². The van der Waals surface area contributed by atoms with Gasteiger partial charge in [-0.25, -0.2) is 0 Å². The van der Waals surface area contributed by atoms with Gasteiger partial charge in [0.1, 0.15) is 5.41 Å². The smallest absolute Gasteiger partial charge is 0.236 e. The average molecular weight is 494 g/mol. The van der Waals surface area contributed by atoms with Crippen molar-refractivity contribution < 1.29 is 9.59 Å². The van der Waals surface area contributed by atoms with Gasteiger partial charge in [0.05, 0.1) is 11.7 Å².